The molecule has 0 aromatic heterocycles. The minimum absolute atomic E-state index is 0.0236. The smallest absolute Gasteiger partial charge is 0.282 e. The lowest BCUT2D eigenvalue weighted by molar-refractivity contribution is -0.120. The number of para-hydroxylation sites is 1. The van der Waals surface area contributed by atoms with Crippen LogP contribution in [-0.2, 0) is 9.59 Å². The number of carbonyl (C=O) groups is 2. The number of halogens is 3. The number of benzene rings is 3. The van der Waals surface area contributed by atoms with Gasteiger partial charge in [0.15, 0.2) is 11.6 Å². The Morgan fingerprint density at radius 2 is 1.52 bits per heavy atom. The molecule has 0 radical (unpaired) electrons. The van der Waals surface area contributed by atoms with Gasteiger partial charge in [-0.3, -0.25) is 9.59 Å². The number of nitrogens with zero attached hydrogens (tertiary/aromatic N) is 1. The second-order valence-electron chi connectivity index (χ2n) is 7.22. The summed E-state index contributed by atoms with van der Waals surface area (Å²) in [5, 5.41) is 2.74. The molecule has 0 aliphatic carbocycles. The van der Waals surface area contributed by atoms with Gasteiger partial charge in [0.1, 0.15) is 11.5 Å². The van der Waals surface area contributed by atoms with E-state index in [0.29, 0.717) is 5.56 Å². The van der Waals surface area contributed by atoms with Gasteiger partial charge < -0.3 is 5.32 Å². The van der Waals surface area contributed by atoms with Gasteiger partial charge in [0.25, 0.3) is 11.8 Å². The molecule has 7 heteroatoms. The third-order valence-electron chi connectivity index (χ3n) is 5.02. The summed E-state index contributed by atoms with van der Waals surface area (Å²) >= 11 is 0. The molecule has 4 rings (SSSR count). The maximum Gasteiger partial charge on any atom is 0.282 e. The molecule has 0 unspecified atom stereocenters. The zero-order valence-corrected chi connectivity index (χ0v) is 16.7. The molecule has 1 N–H and O–H groups in total. The van der Waals surface area contributed by atoms with Crippen LogP contribution in [0.4, 0.5) is 24.5 Å². The van der Waals surface area contributed by atoms with E-state index in [1.165, 1.54) is 24.3 Å². The Kier molecular flexibility index (Phi) is 5.10. The molecule has 4 nitrogen and oxygen atoms in total. The first kappa shape index (κ1) is 20.4. The maximum atomic E-state index is 14.4. The minimum Gasteiger partial charge on any atom is -0.350 e. The molecular formula is C24H17F3N2O2. The van der Waals surface area contributed by atoms with Gasteiger partial charge in [-0.15, -0.1) is 0 Å². The van der Waals surface area contributed by atoms with E-state index in [1.54, 1.807) is 19.1 Å². The summed E-state index contributed by atoms with van der Waals surface area (Å²) in [6.07, 6.45) is 0. The highest BCUT2D eigenvalue weighted by molar-refractivity contribution is 6.46. The molecule has 1 aliphatic rings. The third-order valence-corrected chi connectivity index (χ3v) is 5.02. The number of aryl methyl sites for hydroxylation is 2. The Balaban J connectivity index is 1.88. The predicted molar refractivity (Wildman–Crippen MR) is 112 cm³/mol. The lowest BCUT2D eigenvalue weighted by atomic mass is 9.97. The van der Waals surface area contributed by atoms with Crippen LogP contribution in [-0.4, -0.2) is 11.8 Å². The van der Waals surface area contributed by atoms with Crippen LogP contribution in [0.15, 0.2) is 66.4 Å². The molecule has 3 aromatic rings. The average molecular weight is 422 g/mol. The molecule has 1 aliphatic heterocycles. The minimum atomic E-state index is -1.11. The Bertz CT molecular complexity index is 1270. The van der Waals surface area contributed by atoms with E-state index in [-0.39, 0.29) is 22.6 Å². The van der Waals surface area contributed by atoms with Crippen molar-refractivity contribution in [1.29, 1.82) is 0 Å². The maximum absolute atomic E-state index is 14.4. The van der Waals surface area contributed by atoms with Crippen LogP contribution in [0.25, 0.3) is 5.57 Å². The summed E-state index contributed by atoms with van der Waals surface area (Å²) < 4.78 is 41.5. The zero-order valence-electron chi connectivity index (χ0n) is 16.7. The summed E-state index contributed by atoms with van der Waals surface area (Å²) in [6.45, 7) is 3.67. The fraction of sp³-hybridized carbons (Fsp3) is 0.0833. The molecule has 0 spiro atoms. The van der Waals surface area contributed by atoms with Crippen LogP contribution in [0, 0.1) is 31.3 Å². The number of hydrogen-bond acceptors (Lipinski definition) is 3. The second-order valence-corrected chi connectivity index (χ2v) is 7.22. The van der Waals surface area contributed by atoms with Crippen LogP contribution in [0.5, 0.6) is 0 Å². The van der Waals surface area contributed by atoms with E-state index in [0.717, 1.165) is 34.2 Å². The van der Waals surface area contributed by atoms with Gasteiger partial charge in [0, 0.05) is 11.8 Å². The van der Waals surface area contributed by atoms with E-state index in [4.69, 9.17) is 0 Å². The van der Waals surface area contributed by atoms with Crippen molar-refractivity contribution in [3.05, 3.63) is 101 Å². The largest absolute Gasteiger partial charge is 0.350 e. The predicted octanol–water partition coefficient (Wildman–Crippen LogP) is 5.12. The Morgan fingerprint density at radius 1 is 0.774 bits per heavy atom. The van der Waals surface area contributed by atoms with E-state index >= 15 is 0 Å². The van der Waals surface area contributed by atoms with Crippen molar-refractivity contribution in [2.75, 3.05) is 10.2 Å². The molecule has 156 valence electrons. The zero-order chi connectivity index (χ0) is 22.3. The number of carbonyl (C=O) groups excluding carboxylic acids is 2. The number of imide groups is 1. The molecule has 0 atom stereocenters. The molecular weight excluding hydrogens is 405 g/mol. The van der Waals surface area contributed by atoms with Crippen molar-refractivity contribution < 1.29 is 22.8 Å². The summed E-state index contributed by atoms with van der Waals surface area (Å²) in [5.74, 6) is -4.41. The van der Waals surface area contributed by atoms with E-state index in [9.17, 15) is 22.8 Å². The molecule has 0 saturated heterocycles. The molecule has 31 heavy (non-hydrogen) atoms. The van der Waals surface area contributed by atoms with E-state index < -0.39 is 29.3 Å². The van der Waals surface area contributed by atoms with Gasteiger partial charge in [-0.25, -0.2) is 18.1 Å². The number of hydrogen-bond donors (Lipinski definition) is 1. The van der Waals surface area contributed by atoms with Gasteiger partial charge in [-0.05, 0) is 49.2 Å². The molecule has 2 amide bonds. The summed E-state index contributed by atoms with van der Waals surface area (Å²) in [5.41, 5.74) is 1.93. The fourth-order valence-electron chi connectivity index (χ4n) is 3.56. The average Bonchev–Trinajstić information content (AvgIpc) is 2.95. The van der Waals surface area contributed by atoms with Crippen molar-refractivity contribution >= 4 is 28.8 Å². The highest BCUT2D eigenvalue weighted by Gasteiger charge is 2.41. The second kappa shape index (κ2) is 7.75. The highest BCUT2D eigenvalue weighted by Crippen LogP contribution is 2.36. The van der Waals surface area contributed by atoms with Crippen molar-refractivity contribution in [1.82, 2.24) is 0 Å². The van der Waals surface area contributed by atoms with Gasteiger partial charge in [0.2, 0.25) is 0 Å². The molecule has 0 fully saturated rings. The third kappa shape index (κ3) is 3.59. The molecule has 0 bridgehead atoms. The normalized spacial score (nSPS) is 13.9. The van der Waals surface area contributed by atoms with E-state index in [1.807, 2.05) is 13.0 Å². The quantitative estimate of drug-likeness (QED) is 0.594. The van der Waals surface area contributed by atoms with E-state index in [2.05, 4.69) is 5.32 Å². The number of amides is 2. The van der Waals surface area contributed by atoms with Gasteiger partial charge in [0.05, 0.1) is 11.3 Å². The lowest BCUT2D eigenvalue weighted by Crippen LogP contribution is -2.33. The van der Waals surface area contributed by atoms with Crippen molar-refractivity contribution in [3.8, 4) is 0 Å². The lowest BCUT2D eigenvalue weighted by Gasteiger charge is -2.16. The van der Waals surface area contributed by atoms with Gasteiger partial charge >= 0.3 is 0 Å². The topological polar surface area (TPSA) is 49.4 Å². The van der Waals surface area contributed by atoms with Crippen LogP contribution in [0.3, 0.4) is 0 Å². The van der Waals surface area contributed by atoms with Crippen molar-refractivity contribution in [2.24, 2.45) is 0 Å². The Hall–Kier alpha value is -3.87. The van der Waals surface area contributed by atoms with Gasteiger partial charge in [-0.1, -0.05) is 35.9 Å². The van der Waals surface area contributed by atoms with Crippen LogP contribution in [0.1, 0.15) is 16.7 Å². The number of nitrogens with one attached hydrogen (secondary N) is 1. The molecule has 1 heterocycles. The first-order valence-electron chi connectivity index (χ1n) is 9.45. The van der Waals surface area contributed by atoms with Crippen LogP contribution >= 0.6 is 0 Å². The first-order valence-corrected chi connectivity index (χ1v) is 9.45. The Morgan fingerprint density at radius 3 is 2.19 bits per heavy atom. The fourth-order valence-corrected chi connectivity index (χ4v) is 3.56. The monoisotopic (exact) mass is 422 g/mol. The summed E-state index contributed by atoms with van der Waals surface area (Å²) in [7, 11) is 0. The SMILES string of the molecule is Cc1ccc(C2=C(Nc3ccc(F)c(F)c3)C(=O)N(c3ccccc3F)C2=O)c(C)c1. The standard InChI is InChI=1S/C24H17F3N2O2/c1-13-7-9-16(14(2)11-13)21-22(28-15-8-10-17(25)19(27)12-15)24(31)29(23(21)30)20-6-4-3-5-18(20)26/h3-12,28H,1-2H3. The summed E-state index contributed by atoms with van der Waals surface area (Å²) in [4.78, 5) is 27.3. The summed E-state index contributed by atoms with van der Waals surface area (Å²) in [6, 6.07) is 13.8. The van der Waals surface area contributed by atoms with Crippen molar-refractivity contribution in [2.45, 2.75) is 13.8 Å². The number of anilines is 2. The van der Waals surface area contributed by atoms with Crippen LogP contribution in [0.2, 0.25) is 0 Å². The van der Waals surface area contributed by atoms with Gasteiger partial charge in [-0.2, -0.15) is 0 Å². The van der Waals surface area contributed by atoms with Crippen LogP contribution < -0.4 is 10.2 Å². The molecule has 0 saturated carbocycles. The number of rotatable bonds is 4. The molecule has 3 aromatic carbocycles. The van der Waals surface area contributed by atoms with Crippen molar-refractivity contribution in [3.63, 3.8) is 0 Å². The highest BCUT2D eigenvalue weighted by atomic mass is 19.2. The first-order chi connectivity index (χ1) is 14.8. The Labute approximate surface area is 176 Å².